The number of alkyl halides is 3. The van der Waals surface area contributed by atoms with E-state index in [2.05, 4.69) is 27.7 Å². The van der Waals surface area contributed by atoms with Gasteiger partial charge in [0.2, 0.25) is 0 Å². The molecule has 4 rings (SSSR count). The summed E-state index contributed by atoms with van der Waals surface area (Å²) in [5, 5.41) is 5.57. The van der Waals surface area contributed by atoms with Crippen molar-refractivity contribution < 1.29 is 22.8 Å². The first-order chi connectivity index (χ1) is 17.1. The Morgan fingerprint density at radius 1 is 0.944 bits per heavy atom. The molecule has 0 saturated carbocycles. The molecular formula is C28H28F3N3O2. The van der Waals surface area contributed by atoms with Crippen molar-refractivity contribution in [3.63, 3.8) is 0 Å². The first-order valence-corrected chi connectivity index (χ1v) is 11.8. The lowest BCUT2D eigenvalue weighted by Crippen LogP contribution is -2.34. The van der Waals surface area contributed by atoms with Crippen LogP contribution in [-0.2, 0) is 19.1 Å². The van der Waals surface area contributed by atoms with Gasteiger partial charge in [0, 0.05) is 36.6 Å². The molecule has 188 valence electrons. The molecule has 36 heavy (non-hydrogen) atoms. The number of hydrogen-bond acceptors (Lipinski definition) is 3. The van der Waals surface area contributed by atoms with E-state index >= 15 is 0 Å². The molecule has 0 aliphatic carbocycles. The summed E-state index contributed by atoms with van der Waals surface area (Å²) in [6, 6.07) is 17.5. The maximum absolute atomic E-state index is 13.1. The second kappa shape index (κ2) is 10.4. The Bertz CT molecular complexity index is 1270. The number of nitrogens with one attached hydrogen (secondary N) is 2. The van der Waals surface area contributed by atoms with E-state index in [1.807, 2.05) is 26.0 Å². The normalized spacial score (nSPS) is 13.3. The van der Waals surface area contributed by atoms with Gasteiger partial charge >= 0.3 is 6.18 Å². The van der Waals surface area contributed by atoms with Gasteiger partial charge in [-0.3, -0.25) is 9.59 Å². The zero-order valence-corrected chi connectivity index (χ0v) is 20.2. The molecule has 3 aromatic rings. The summed E-state index contributed by atoms with van der Waals surface area (Å²) in [6.45, 7) is 5.86. The lowest BCUT2D eigenvalue weighted by atomic mass is 9.98. The molecule has 1 heterocycles. The number of rotatable bonds is 6. The van der Waals surface area contributed by atoms with E-state index in [9.17, 15) is 22.8 Å². The van der Waals surface area contributed by atoms with Crippen molar-refractivity contribution in [1.82, 2.24) is 5.32 Å². The van der Waals surface area contributed by atoms with Crippen LogP contribution >= 0.6 is 0 Å². The summed E-state index contributed by atoms with van der Waals surface area (Å²) < 4.78 is 39.2. The highest BCUT2D eigenvalue weighted by Gasteiger charge is 2.31. The fourth-order valence-electron chi connectivity index (χ4n) is 4.20. The molecule has 0 bridgehead atoms. The maximum Gasteiger partial charge on any atom is 0.416 e. The highest BCUT2D eigenvalue weighted by molar-refractivity contribution is 6.06. The van der Waals surface area contributed by atoms with Gasteiger partial charge in [0.05, 0.1) is 11.1 Å². The fourth-order valence-corrected chi connectivity index (χ4v) is 4.20. The van der Waals surface area contributed by atoms with Crippen LogP contribution in [0.2, 0.25) is 0 Å². The zero-order chi connectivity index (χ0) is 25.9. The summed E-state index contributed by atoms with van der Waals surface area (Å²) in [6.07, 6.45) is -3.70. The number of nitrogens with zero attached hydrogens (tertiary/aromatic N) is 1. The van der Waals surface area contributed by atoms with Gasteiger partial charge in [-0.1, -0.05) is 44.2 Å². The molecule has 0 saturated heterocycles. The van der Waals surface area contributed by atoms with Gasteiger partial charge in [-0.25, -0.2) is 0 Å². The molecule has 3 aromatic carbocycles. The Morgan fingerprint density at radius 2 is 1.69 bits per heavy atom. The number of carbonyl (C=O) groups excluding carboxylic acids is 2. The molecule has 5 nitrogen and oxygen atoms in total. The van der Waals surface area contributed by atoms with Crippen LogP contribution in [0.1, 0.15) is 51.3 Å². The van der Waals surface area contributed by atoms with E-state index in [-0.39, 0.29) is 17.4 Å². The molecule has 1 aliphatic rings. The fraction of sp³-hybridized carbons (Fsp3) is 0.286. The van der Waals surface area contributed by atoms with Gasteiger partial charge in [-0.15, -0.1) is 0 Å². The molecule has 8 heteroatoms. The van der Waals surface area contributed by atoms with Crippen molar-refractivity contribution in [3.05, 3.63) is 94.5 Å². The lowest BCUT2D eigenvalue weighted by Gasteiger charge is -2.32. The monoisotopic (exact) mass is 495 g/mol. The smallest absolute Gasteiger partial charge is 0.366 e. The van der Waals surface area contributed by atoms with Crippen LogP contribution in [0, 0.1) is 5.92 Å². The second-order valence-corrected chi connectivity index (χ2v) is 9.31. The number of benzene rings is 3. The molecule has 0 atom stereocenters. The van der Waals surface area contributed by atoms with Crippen LogP contribution in [0.15, 0.2) is 66.7 Å². The molecular weight excluding hydrogens is 467 g/mol. The number of anilines is 2. The largest absolute Gasteiger partial charge is 0.416 e. The number of fused-ring (bicyclic) bond motifs is 1. The summed E-state index contributed by atoms with van der Waals surface area (Å²) in [5.41, 5.74) is 2.92. The average Bonchev–Trinajstić information content (AvgIpc) is 2.86. The van der Waals surface area contributed by atoms with E-state index < -0.39 is 17.6 Å². The summed E-state index contributed by atoms with van der Waals surface area (Å²) >= 11 is 0. The first-order valence-electron chi connectivity index (χ1n) is 11.8. The van der Waals surface area contributed by atoms with Crippen LogP contribution in [0.4, 0.5) is 24.5 Å². The minimum atomic E-state index is -4.55. The maximum atomic E-state index is 13.1. The predicted molar refractivity (Wildman–Crippen MR) is 134 cm³/mol. The molecule has 0 unspecified atom stereocenters. The van der Waals surface area contributed by atoms with Gasteiger partial charge in [0.1, 0.15) is 0 Å². The third-order valence-electron chi connectivity index (χ3n) is 6.09. The first kappa shape index (κ1) is 25.3. The quantitative estimate of drug-likeness (QED) is 0.447. The van der Waals surface area contributed by atoms with Crippen LogP contribution in [0.3, 0.4) is 0 Å². The van der Waals surface area contributed by atoms with Crippen LogP contribution in [0.5, 0.6) is 0 Å². The third-order valence-corrected chi connectivity index (χ3v) is 6.09. The van der Waals surface area contributed by atoms with Gasteiger partial charge < -0.3 is 15.5 Å². The van der Waals surface area contributed by atoms with Gasteiger partial charge in [0.25, 0.3) is 11.8 Å². The highest BCUT2D eigenvalue weighted by atomic mass is 19.4. The highest BCUT2D eigenvalue weighted by Crippen LogP contribution is 2.31. The van der Waals surface area contributed by atoms with Gasteiger partial charge in [-0.05, 0) is 59.9 Å². The van der Waals surface area contributed by atoms with Crippen molar-refractivity contribution in [3.8, 4) is 0 Å². The minimum absolute atomic E-state index is 0.118. The van der Waals surface area contributed by atoms with Crippen molar-refractivity contribution in [2.75, 3.05) is 23.3 Å². The number of carbonyl (C=O) groups is 2. The topological polar surface area (TPSA) is 61.4 Å². The second-order valence-electron chi connectivity index (χ2n) is 9.31. The van der Waals surface area contributed by atoms with Crippen LogP contribution in [-0.4, -0.2) is 24.9 Å². The molecule has 0 radical (unpaired) electrons. The Balaban J connectivity index is 1.62. The summed E-state index contributed by atoms with van der Waals surface area (Å²) in [5.74, 6) is -0.704. The van der Waals surface area contributed by atoms with Crippen LogP contribution in [0.25, 0.3) is 0 Å². The standard InChI is InChI=1S/C28H28F3N3O2/c1-18(2)16-32-27(36)24-15-23(33-26(35)20-8-5-9-22(14-20)28(29,30)31)10-11-25(24)34-13-12-19-6-3-4-7-21(19)17-34/h3-11,14-15,18H,12-13,16-17H2,1-2H3,(H,32,36)(H,33,35). The Morgan fingerprint density at radius 3 is 2.42 bits per heavy atom. The van der Waals surface area contributed by atoms with Crippen molar-refractivity contribution in [2.24, 2.45) is 5.92 Å². The number of hydrogen-bond donors (Lipinski definition) is 2. The Kier molecular flexibility index (Phi) is 7.33. The van der Waals surface area contributed by atoms with Crippen LogP contribution < -0.4 is 15.5 Å². The molecule has 2 amide bonds. The SMILES string of the molecule is CC(C)CNC(=O)c1cc(NC(=O)c2cccc(C(F)(F)F)c2)ccc1N1CCc2ccccc2C1. The van der Waals surface area contributed by atoms with Gasteiger partial charge in [0.15, 0.2) is 0 Å². The van der Waals surface area contributed by atoms with Crippen molar-refractivity contribution in [2.45, 2.75) is 33.0 Å². The van der Waals surface area contributed by atoms with E-state index in [0.29, 0.717) is 24.3 Å². The van der Waals surface area contributed by atoms with E-state index in [1.54, 1.807) is 18.2 Å². The Labute approximate surface area is 208 Å². The Hall–Kier alpha value is -3.81. The molecule has 0 spiro atoms. The molecule has 1 aliphatic heterocycles. The minimum Gasteiger partial charge on any atom is -0.366 e. The number of amides is 2. The molecule has 0 fully saturated rings. The summed E-state index contributed by atoms with van der Waals surface area (Å²) in [7, 11) is 0. The third kappa shape index (κ3) is 5.87. The van der Waals surface area contributed by atoms with Crippen molar-refractivity contribution >= 4 is 23.2 Å². The van der Waals surface area contributed by atoms with E-state index in [4.69, 9.17) is 0 Å². The molecule has 2 N–H and O–H groups in total. The predicted octanol–water partition coefficient (Wildman–Crippen LogP) is 5.91. The van der Waals surface area contributed by atoms with E-state index in [0.717, 1.165) is 30.8 Å². The lowest BCUT2D eigenvalue weighted by molar-refractivity contribution is -0.137. The number of halogens is 3. The van der Waals surface area contributed by atoms with E-state index in [1.165, 1.54) is 23.3 Å². The van der Waals surface area contributed by atoms with Crippen molar-refractivity contribution in [1.29, 1.82) is 0 Å². The summed E-state index contributed by atoms with van der Waals surface area (Å²) in [4.78, 5) is 28.0. The average molecular weight is 496 g/mol. The zero-order valence-electron chi connectivity index (χ0n) is 20.2. The molecule has 0 aromatic heterocycles. The van der Waals surface area contributed by atoms with Gasteiger partial charge in [-0.2, -0.15) is 13.2 Å².